The molecule has 1 saturated heterocycles. The number of nitrogens with zero attached hydrogens (tertiary/aromatic N) is 1. The summed E-state index contributed by atoms with van der Waals surface area (Å²) in [5, 5.41) is 0. The third-order valence-corrected chi connectivity index (χ3v) is 7.52. The van der Waals surface area contributed by atoms with Crippen LogP contribution in [0.15, 0.2) is 16.3 Å². The van der Waals surface area contributed by atoms with E-state index in [0.717, 1.165) is 24.2 Å². The van der Waals surface area contributed by atoms with Crippen LogP contribution in [0.1, 0.15) is 37.5 Å². The lowest BCUT2D eigenvalue weighted by molar-refractivity contribution is 0.263. The molecule has 1 fully saturated rings. The van der Waals surface area contributed by atoms with Crippen LogP contribution in [-0.2, 0) is 10.0 Å². The standard InChI is InChI=1S/C13H20N2O2S3/c1-2-3-10-6-8-15(9-7-10)20(16,17)12-5-4-11(19-12)13(14)18/h4-5,10H,2-3,6-9H2,1H3,(H2,14,18). The molecule has 0 aromatic carbocycles. The molecule has 0 bridgehead atoms. The van der Waals surface area contributed by atoms with Crippen molar-refractivity contribution >= 4 is 38.6 Å². The number of sulfonamides is 1. The molecule has 4 nitrogen and oxygen atoms in total. The Balaban J connectivity index is 2.09. The van der Waals surface area contributed by atoms with Gasteiger partial charge < -0.3 is 5.73 Å². The fraction of sp³-hybridized carbons (Fsp3) is 0.615. The molecule has 1 aliphatic heterocycles. The summed E-state index contributed by atoms with van der Waals surface area (Å²) in [4.78, 5) is 0.901. The van der Waals surface area contributed by atoms with Gasteiger partial charge in [0.15, 0.2) is 0 Å². The number of piperidine rings is 1. The van der Waals surface area contributed by atoms with E-state index < -0.39 is 10.0 Å². The number of rotatable bonds is 5. The minimum Gasteiger partial charge on any atom is -0.389 e. The summed E-state index contributed by atoms with van der Waals surface area (Å²) in [5.41, 5.74) is 5.53. The van der Waals surface area contributed by atoms with Crippen LogP contribution >= 0.6 is 23.6 Å². The molecule has 0 saturated carbocycles. The second-order valence-corrected chi connectivity index (χ2v) is 8.81. The molecule has 0 amide bonds. The summed E-state index contributed by atoms with van der Waals surface area (Å²) in [6.07, 6.45) is 4.28. The molecule has 1 aliphatic rings. The zero-order chi connectivity index (χ0) is 14.8. The van der Waals surface area contributed by atoms with Crippen molar-refractivity contribution in [1.29, 1.82) is 0 Å². The number of thiophene rings is 1. The van der Waals surface area contributed by atoms with E-state index in [1.54, 1.807) is 16.4 Å². The fourth-order valence-corrected chi connectivity index (χ4v) is 5.54. The maximum atomic E-state index is 12.5. The Hall–Kier alpha value is -0.500. The first-order valence-electron chi connectivity index (χ1n) is 6.85. The average molecular weight is 333 g/mol. The van der Waals surface area contributed by atoms with Gasteiger partial charge in [-0.25, -0.2) is 8.42 Å². The Kier molecular flexibility index (Phi) is 5.17. The van der Waals surface area contributed by atoms with Crippen LogP contribution in [-0.4, -0.2) is 30.8 Å². The second-order valence-electron chi connectivity index (χ2n) is 5.12. The summed E-state index contributed by atoms with van der Waals surface area (Å²) in [5.74, 6) is 0.668. The molecule has 112 valence electrons. The predicted molar refractivity (Wildman–Crippen MR) is 86.6 cm³/mol. The van der Waals surface area contributed by atoms with Crippen LogP contribution in [0.5, 0.6) is 0 Å². The Morgan fingerprint density at radius 2 is 2.10 bits per heavy atom. The zero-order valence-electron chi connectivity index (χ0n) is 11.5. The SMILES string of the molecule is CCCC1CCN(S(=O)(=O)c2ccc(C(N)=S)s2)CC1. The number of hydrogen-bond donors (Lipinski definition) is 1. The van der Waals surface area contributed by atoms with E-state index in [-0.39, 0.29) is 4.99 Å². The molecule has 20 heavy (non-hydrogen) atoms. The molecule has 1 aromatic heterocycles. The van der Waals surface area contributed by atoms with Crippen LogP contribution in [0, 0.1) is 5.92 Å². The molecule has 1 aromatic rings. The first kappa shape index (κ1) is 15.9. The number of nitrogens with two attached hydrogens (primary N) is 1. The molecular formula is C13H20N2O2S3. The highest BCUT2D eigenvalue weighted by Crippen LogP contribution is 2.29. The number of hydrogen-bond acceptors (Lipinski definition) is 4. The Morgan fingerprint density at radius 3 is 2.60 bits per heavy atom. The van der Waals surface area contributed by atoms with Gasteiger partial charge in [-0.3, -0.25) is 0 Å². The van der Waals surface area contributed by atoms with Crippen LogP contribution in [0.3, 0.4) is 0 Å². The molecule has 0 radical (unpaired) electrons. The highest BCUT2D eigenvalue weighted by molar-refractivity contribution is 7.91. The molecular weight excluding hydrogens is 312 g/mol. The Bertz CT molecular complexity index is 572. The van der Waals surface area contributed by atoms with Gasteiger partial charge in [0.25, 0.3) is 10.0 Å². The van der Waals surface area contributed by atoms with Crippen molar-refractivity contribution in [2.45, 2.75) is 36.8 Å². The van der Waals surface area contributed by atoms with Crippen molar-refractivity contribution in [1.82, 2.24) is 4.31 Å². The fourth-order valence-electron chi connectivity index (χ4n) is 2.57. The van der Waals surface area contributed by atoms with Gasteiger partial charge in [-0.2, -0.15) is 4.31 Å². The smallest absolute Gasteiger partial charge is 0.252 e. The molecule has 2 rings (SSSR count). The largest absolute Gasteiger partial charge is 0.389 e. The van der Waals surface area contributed by atoms with Crippen molar-refractivity contribution < 1.29 is 8.42 Å². The van der Waals surface area contributed by atoms with Crippen molar-refractivity contribution in [2.24, 2.45) is 11.7 Å². The average Bonchev–Trinajstić information content (AvgIpc) is 2.90. The van der Waals surface area contributed by atoms with Crippen LogP contribution in [0.4, 0.5) is 0 Å². The van der Waals surface area contributed by atoms with Gasteiger partial charge in [0.05, 0.1) is 4.88 Å². The number of thiocarbonyl (C=S) groups is 1. The maximum Gasteiger partial charge on any atom is 0.252 e. The summed E-state index contributed by atoms with van der Waals surface area (Å²) < 4.78 is 27.0. The molecule has 0 atom stereocenters. The van der Waals surface area contributed by atoms with Crippen molar-refractivity contribution in [3.05, 3.63) is 17.0 Å². The van der Waals surface area contributed by atoms with Gasteiger partial charge >= 0.3 is 0 Å². The lowest BCUT2D eigenvalue weighted by Gasteiger charge is -2.30. The van der Waals surface area contributed by atoms with Gasteiger partial charge in [-0.15, -0.1) is 11.3 Å². The lowest BCUT2D eigenvalue weighted by Crippen LogP contribution is -2.38. The van der Waals surface area contributed by atoms with E-state index in [1.165, 1.54) is 12.8 Å². The summed E-state index contributed by atoms with van der Waals surface area (Å²) >= 11 is 6.04. The van der Waals surface area contributed by atoms with Gasteiger partial charge in [0, 0.05) is 13.1 Å². The highest BCUT2D eigenvalue weighted by atomic mass is 32.2. The van der Waals surface area contributed by atoms with E-state index in [2.05, 4.69) is 6.92 Å². The normalized spacial score (nSPS) is 18.2. The van der Waals surface area contributed by atoms with Crippen LogP contribution in [0.25, 0.3) is 0 Å². The van der Waals surface area contributed by atoms with Crippen LogP contribution in [0.2, 0.25) is 0 Å². The van der Waals surface area contributed by atoms with Crippen molar-refractivity contribution in [2.75, 3.05) is 13.1 Å². The third-order valence-electron chi connectivity index (χ3n) is 3.69. The van der Waals surface area contributed by atoms with Crippen LogP contribution < -0.4 is 5.73 Å². The predicted octanol–water partition coefficient (Wildman–Crippen LogP) is 2.58. The minimum absolute atomic E-state index is 0.248. The molecule has 0 spiro atoms. The lowest BCUT2D eigenvalue weighted by atomic mass is 9.94. The Morgan fingerprint density at radius 1 is 1.45 bits per heavy atom. The van der Waals surface area contributed by atoms with E-state index in [0.29, 0.717) is 28.1 Å². The van der Waals surface area contributed by atoms with E-state index in [1.807, 2.05) is 0 Å². The quantitative estimate of drug-likeness (QED) is 0.842. The highest BCUT2D eigenvalue weighted by Gasteiger charge is 2.30. The molecule has 0 aliphatic carbocycles. The first-order valence-corrected chi connectivity index (χ1v) is 9.51. The second kappa shape index (κ2) is 6.51. The van der Waals surface area contributed by atoms with E-state index >= 15 is 0 Å². The van der Waals surface area contributed by atoms with Gasteiger partial charge in [-0.05, 0) is 30.9 Å². The maximum absolute atomic E-state index is 12.5. The molecule has 0 unspecified atom stereocenters. The van der Waals surface area contributed by atoms with Gasteiger partial charge in [-0.1, -0.05) is 32.0 Å². The van der Waals surface area contributed by atoms with Crippen molar-refractivity contribution in [3.8, 4) is 0 Å². The summed E-state index contributed by atoms with van der Waals surface area (Å²) in [6.45, 7) is 3.41. The molecule has 2 N–H and O–H groups in total. The van der Waals surface area contributed by atoms with Crippen molar-refractivity contribution in [3.63, 3.8) is 0 Å². The molecule has 2 heterocycles. The van der Waals surface area contributed by atoms with Gasteiger partial charge in [0.2, 0.25) is 0 Å². The summed E-state index contributed by atoms with van der Waals surface area (Å²) in [6, 6.07) is 3.29. The third kappa shape index (κ3) is 3.39. The minimum atomic E-state index is -3.38. The van der Waals surface area contributed by atoms with Gasteiger partial charge in [0.1, 0.15) is 9.20 Å². The first-order chi connectivity index (χ1) is 9.45. The zero-order valence-corrected chi connectivity index (χ0v) is 14.0. The van der Waals surface area contributed by atoms with E-state index in [9.17, 15) is 8.42 Å². The monoisotopic (exact) mass is 332 g/mol. The topological polar surface area (TPSA) is 63.4 Å². The summed E-state index contributed by atoms with van der Waals surface area (Å²) in [7, 11) is -3.38. The molecule has 7 heteroatoms. The Labute approximate surface area is 130 Å². The van der Waals surface area contributed by atoms with E-state index in [4.69, 9.17) is 18.0 Å².